The van der Waals surface area contributed by atoms with Crippen LogP contribution in [0.15, 0.2) is 101 Å². The molecule has 0 aliphatic carbocycles. The Morgan fingerprint density at radius 1 is 0.583 bits per heavy atom. The summed E-state index contributed by atoms with van der Waals surface area (Å²) < 4.78 is 4.53. The van der Waals surface area contributed by atoms with Crippen molar-refractivity contribution in [1.29, 1.82) is 0 Å². The lowest BCUT2D eigenvalue weighted by Crippen LogP contribution is -2.20. The summed E-state index contributed by atoms with van der Waals surface area (Å²) in [5, 5.41) is 16.7. The standard InChI is InChI=1S/C12H10S2.C6H7BO3/c1-3-7-11(8-4-1)13-14-12-9-5-2-6-10-12;8-7(9)10-6-4-2-1-3-5-6/h1-10H;1-5,8-9H. The highest BCUT2D eigenvalue weighted by atomic mass is 33.1. The predicted octanol–water partition coefficient (Wildman–Crippen LogP) is 4.52. The summed E-state index contributed by atoms with van der Waals surface area (Å²) in [6, 6.07) is 29.4. The topological polar surface area (TPSA) is 49.7 Å². The Morgan fingerprint density at radius 3 is 1.33 bits per heavy atom. The minimum absolute atomic E-state index is 0.442. The van der Waals surface area contributed by atoms with Crippen molar-refractivity contribution in [2.45, 2.75) is 9.79 Å². The molecule has 2 N–H and O–H groups in total. The predicted molar refractivity (Wildman–Crippen MR) is 102 cm³/mol. The summed E-state index contributed by atoms with van der Waals surface area (Å²) in [6.07, 6.45) is 0. The number of rotatable bonds is 5. The molecule has 0 radical (unpaired) electrons. The van der Waals surface area contributed by atoms with E-state index in [4.69, 9.17) is 10.0 Å². The third kappa shape index (κ3) is 7.61. The molecule has 3 rings (SSSR count). The molecule has 0 spiro atoms. The summed E-state index contributed by atoms with van der Waals surface area (Å²) in [5.74, 6) is 0.442. The second kappa shape index (κ2) is 10.8. The van der Waals surface area contributed by atoms with Crippen LogP contribution in [0.2, 0.25) is 0 Å². The number of benzene rings is 3. The minimum atomic E-state index is -1.73. The molecule has 0 saturated heterocycles. The van der Waals surface area contributed by atoms with Crippen molar-refractivity contribution in [3.05, 3.63) is 91.0 Å². The molecule has 0 fully saturated rings. The van der Waals surface area contributed by atoms with Crippen molar-refractivity contribution < 1.29 is 14.7 Å². The maximum absolute atomic E-state index is 8.34. The van der Waals surface area contributed by atoms with E-state index in [1.165, 1.54) is 9.79 Å². The van der Waals surface area contributed by atoms with Crippen LogP contribution in [0.25, 0.3) is 0 Å². The monoisotopic (exact) mass is 356 g/mol. The zero-order chi connectivity index (χ0) is 17.0. The Hall–Kier alpha value is -1.86. The van der Waals surface area contributed by atoms with E-state index in [2.05, 4.69) is 53.2 Å². The Kier molecular flexibility index (Phi) is 8.34. The molecular weight excluding hydrogens is 339 g/mol. The van der Waals surface area contributed by atoms with Gasteiger partial charge in [0.1, 0.15) is 5.75 Å². The highest BCUT2D eigenvalue weighted by Crippen LogP contribution is 2.36. The summed E-state index contributed by atoms with van der Waals surface area (Å²) >= 11 is 0. The molecule has 0 saturated carbocycles. The third-order valence-electron chi connectivity index (χ3n) is 2.71. The van der Waals surface area contributed by atoms with E-state index in [0.29, 0.717) is 5.75 Å². The maximum atomic E-state index is 8.34. The summed E-state index contributed by atoms with van der Waals surface area (Å²) in [6.45, 7) is 0. The van der Waals surface area contributed by atoms with Crippen molar-refractivity contribution in [3.63, 3.8) is 0 Å². The normalized spacial score (nSPS) is 9.58. The molecular formula is C18H17BO3S2. The number of para-hydroxylation sites is 1. The maximum Gasteiger partial charge on any atom is 0.707 e. The molecule has 0 aromatic heterocycles. The molecule has 0 amide bonds. The van der Waals surface area contributed by atoms with Crippen LogP contribution in [0.3, 0.4) is 0 Å². The van der Waals surface area contributed by atoms with Gasteiger partial charge >= 0.3 is 7.32 Å². The minimum Gasteiger partial charge on any atom is -0.512 e. The van der Waals surface area contributed by atoms with E-state index < -0.39 is 7.32 Å². The first kappa shape index (κ1) is 18.5. The van der Waals surface area contributed by atoms with E-state index in [9.17, 15) is 0 Å². The third-order valence-corrected chi connectivity index (χ3v) is 5.12. The molecule has 3 aromatic carbocycles. The quantitative estimate of drug-likeness (QED) is 0.520. The lowest BCUT2D eigenvalue weighted by molar-refractivity contribution is 0.288. The van der Waals surface area contributed by atoms with E-state index in [1.54, 1.807) is 45.9 Å². The van der Waals surface area contributed by atoms with Crippen LogP contribution < -0.4 is 4.65 Å². The molecule has 0 heterocycles. The molecule has 0 atom stereocenters. The molecule has 3 aromatic rings. The lowest BCUT2D eigenvalue weighted by Gasteiger charge is -2.01. The van der Waals surface area contributed by atoms with Gasteiger partial charge in [0.2, 0.25) is 0 Å². The van der Waals surface area contributed by atoms with Crippen molar-refractivity contribution in [2.75, 3.05) is 0 Å². The first-order valence-corrected chi connectivity index (χ1v) is 9.41. The average Bonchev–Trinajstić information content (AvgIpc) is 2.63. The smallest absolute Gasteiger partial charge is 0.512 e. The van der Waals surface area contributed by atoms with Crippen LogP contribution in [0.4, 0.5) is 0 Å². The summed E-state index contributed by atoms with van der Waals surface area (Å²) in [4.78, 5) is 2.59. The van der Waals surface area contributed by atoms with Gasteiger partial charge in [-0.2, -0.15) is 0 Å². The van der Waals surface area contributed by atoms with E-state index in [-0.39, 0.29) is 0 Å². The van der Waals surface area contributed by atoms with Gasteiger partial charge in [-0.05, 0) is 36.4 Å². The highest BCUT2D eigenvalue weighted by Gasteiger charge is 2.09. The fourth-order valence-corrected chi connectivity index (χ4v) is 3.64. The average molecular weight is 356 g/mol. The van der Waals surface area contributed by atoms with E-state index in [1.807, 2.05) is 18.2 Å². The SMILES string of the molecule is OB(O)Oc1ccccc1.c1ccc(SSc2ccccc2)cc1. The largest absolute Gasteiger partial charge is 0.707 e. The van der Waals surface area contributed by atoms with Crippen LogP contribution in [0.1, 0.15) is 0 Å². The number of hydrogen-bond donors (Lipinski definition) is 2. The van der Waals surface area contributed by atoms with Crippen LogP contribution >= 0.6 is 21.6 Å². The van der Waals surface area contributed by atoms with Crippen LogP contribution in [-0.4, -0.2) is 17.4 Å². The van der Waals surface area contributed by atoms with Crippen molar-refractivity contribution in [2.24, 2.45) is 0 Å². The zero-order valence-corrected chi connectivity index (χ0v) is 14.5. The Balaban J connectivity index is 0.000000185. The van der Waals surface area contributed by atoms with Crippen LogP contribution in [0.5, 0.6) is 5.75 Å². The number of hydrogen-bond acceptors (Lipinski definition) is 5. The molecule has 3 nitrogen and oxygen atoms in total. The van der Waals surface area contributed by atoms with Gasteiger partial charge in [-0.1, -0.05) is 76.2 Å². The van der Waals surface area contributed by atoms with Gasteiger partial charge in [0.15, 0.2) is 0 Å². The van der Waals surface area contributed by atoms with E-state index >= 15 is 0 Å². The van der Waals surface area contributed by atoms with Crippen molar-refractivity contribution in [1.82, 2.24) is 0 Å². The molecule has 0 aliphatic rings. The Morgan fingerprint density at radius 2 is 0.958 bits per heavy atom. The van der Waals surface area contributed by atoms with Gasteiger partial charge in [0, 0.05) is 9.79 Å². The fourth-order valence-electron chi connectivity index (χ4n) is 1.67. The van der Waals surface area contributed by atoms with Crippen LogP contribution in [0, 0.1) is 0 Å². The Bertz CT molecular complexity index is 643. The summed E-state index contributed by atoms with van der Waals surface area (Å²) in [7, 11) is 1.85. The zero-order valence-electron chi connectivity index (χ0n) is 12.9. The first-order chi connectivity index (χ1) is 11.7. The molecule has 0 unspecified atom stereocenters. The second-order valence-corrected chi connectivity index (χ2v) is 6.83. The highest BCUT2D eigenvalue weighted by molar-refractivity contribution is 8.76. The van der Waals surface area contributed by atoms with Gasteiger partial charge in [-0.25, -0.2) is 0 Å². The Labute approximate surface area is 150 Å². The summed E-state index contributed by atoms with van der Waals surface area (Å²) in [5.41, 5.74) is 0. The van der Waals surface area contributed by atoms with Gasteiger partial charge in [-0.15, -0.1) is 0 Å². The second-order valence-electron chi connectivity index (χ2n) is 4.55. The van der Waals surface area contributed by atoms with Gasteiger partial charge in [0.25, 0.3) is 0 Å². The van der Waals surface area contributed by atoms with Crippen LogP contribution in [-0.2, 0) is 0 Å². The van der Waals surface area contributed by atoms with Gasteiger partial charge < -0.3 is 14.7 Å². The van der Waals surface area contributed by atoms with Crippen molar-refractivity contribution in [3.8, 4) is 5.75 Å². The van der Waals surface area contributed by atoms with Gasteiger partial charge in [-0.3, -0.25) is 0 Å². The molecule has 0 aliphatic heterocycles. The first-order valence-electron chi connectivity index (χ1n) is 7.26. The molecule has 0 bridgehead atoms. The molecule has 24 heavy (non-hydrogen) atoms. The molecule has 6 heteroatoms. The van der Waals surface area contributed by atoms with E-state index in [0.717, 1.165) is 0 Å². The lowest BCUT2D eigenvalue weighted by atomic mass is 10.2. The van der Waals surface area contributed by atoms with Crippen molar-refractivity contribution >= 4 is 28.9 Å². The molecule has 122 valence electrons. The van der Waals surface area contributed by atoms with Gasteiger partial charge in [0.05, 0.1) is 0 Å². The fraction of sp³-hybridized carbons (Fsp3) is 0.